The summed E-state index contributed by atoms with van der Waals surface area (Å²) >= 11 is 6.20. The van der Waals surface area contributed by atoms with Crippen LogP contribution in [-0.2, 0) is 6.54 Å². The number of hydrogen-bond donors (Lipinski definition) is 1. The van der Waals surface area contributed by atoms with Gasteiger partial charge >= 0.3 is 0 Å². The molecule has 2 unspecified atom stereocenters. The molecule has 0 radical (unpaired) electrons. The minimum Gasteiger partial charge on any atom is -0.371 e. The molecule has 3 heteroatoms. The highest BCUT2D eigenvalue weighted by molar-refractivity contribution is 6.30. The fourth-order valence-electron chi connectivity index (χ4n) is 4.08. The maximum absolute atomic E-state index is 6.20. The van der Waals surface area contributed by atoms with Crippen LogP contribution < -0.4 is 10.2 Å². The van der Waals surface area contributed by atoms with Crippen molar-refractivity contribution in [3.8, 4) is 0 Å². The molecule has 1 heterocycles. The summed E-state index contributed by atoms with van der Waals surface area (Å²) in [6.07, 6.45) is 7.14. The van der Waals surface area contributed by atoms with Crippen LogP contribution in [0.3, 0.4) is 0 Å². The second-order valence-corrected chi connectivity index (χ2v) is 7.03. The average molecular weight is 307 g/mol. The molecule has 2 nitrogen and oxygen atoms in total. The van der Waals surface area contributed by atoms with E-state index < -0.39 is 0 Å². The van der Waals surface area contributed by atoms with Gasteiger partial charge in [-0.3, -0.25) is 0 Å². The zero-order chi connectivity index (χ0) is 14.7. The van der Waals surface area contributed by atoms with Crippen molar-refractivity contribution in [1.29, 1.82) is 0 Å². The highest BCUT2D eigenvalue weighted by Crippen LogP contribution is 2.38. The van der Waals surface area contributed by atoms with Gasteiger partial charge in [0, 0.05) is 30.3 Å². The van der Waals surface area contributed by atoms with E-state index in [2.05, 4.69) is 29.3 Å². The number of benzene rings is 1. The van der Waals surface area contributed by atoms with Gasteiger partial charge in [0.05, 0.1) is 0 Å². The van der Waals surface area contributed by atoms with Crippen LogP contribution in [-0.4, -0.2) is 19.6 Å². The minimum atomic E-state index is 0.846. The molecule has 1 saturated carbocycles. The summed E-state index contributed by atoms with van der Waals surface area (Å²) in [5.74, 6) is 1.90. The van der Waals surface area contributed by atoms with E-state index >= 15 is 0 Å². The molecule has 0 aromatic heterocycles. The Hall–Kier alpha value is -0.730. The Bertz CT molecular complexity index is 474. The van der Waals surface area contributed by atoms with Crippen molar-refractivity contribution in [1.82, 2.24) is 5.32 Å². The molecular weight excluding hydrogens is 280 g/mol. The fourth-order valence-corrected chi connectivity index (χ4v) is 4.28. The molecule has 2 aliphatic rings. The van der Waals surface area contributed by atoms with Gasteiger partial charge in [0.25, 0.3) is 0 Å². The first-order valence-electron chi connectivity index (χ1n) is 8.52. The van der Waals surface area contributed by atoms with Crippen LogP contribution in [0.2, 0.25) is 5.02 Å². The third kappa shape index (κ3) is 3.54. The van der Waals surface area contributed by atoms with Crippen LogP contribution in [0.4, 0.5) is 5.69 Å². The maximum Gasteiger partial charge on any atom is 0.0412 e. The van der Waals surface area contributed by atoms with Gasteiger partial charge in [-0.1, -0.05) is 37.8 Å². The second-order valence-electron chi connectivity index (χ2n) is 6.59. The largest absolute Gasteiger partial charge is 0.371 e. The van der Waals surface area contributed by atoms with Crippen LogP contribution in [0, 0.1) is 11.8 Å². The topological polar surface area (TPSA) is 15.3 Å². The number of halogens is 1. The first-order valence-corrected chi connectivity index (χ1v) is 8.90. The molecule has 2 atom stereocenters. The number of piperidine rings is 1. The Morgan fingerprint density at radius 1 is 1.19 bits per heavy atom. The summed E-state index contributed by atoms with van der Waals surface area (Å²) in [7, 11) is 0. The van der Waals surface area contributed by atoms with Crippen molar-refractivity contribution in [2.45, 2.75) is 45.6 Å². The predicted octanol–water partition coefficient (Wildman–Crippen LogP) is 4.47. The van der Waals surface area contributed by atoms with E-state index in [0.717, 1.165) is 29.9 Å². The van der Waals surface area contributed by atoms with Crippen molar-refractivity contribution in [3.63, 3.8) is 0 Å². The molecule has 3 rings (SSSR count). The third-order valence-corrected chi connectivity index (χ3v) is 5.47. The smallest absolute Gasteiger partial charge is 0.0412 e. The first-order chi connectivity index (χ1) is 10.3. The molecule has 1 aliphatic heterocycles. The Morgan fingerprint density at radius 3 is 2.81 bits per heavy atom. The maximum atomic E-state index is 6.20. The van der Waals surface area contributed by atoms with Crippen LogP contribution in [0.25, 0.3) is 0 Å². The normalized spacial score (nSPS) is 25.7. The lowest BCUT2D eigenvalue weighted by Crippen LogP contribution is -2.42. The molecule has 1 saturated heterocycles. The zero-order valence-corrected chi connectivity index (χ0v) is 13.8. The van der Waals surface area contributed by atoms with Gasteiger partial charge in [0.1, 0.15) is 0 Å². The lowest BCUT2D eigenvalue weighted by atomic mass is 9.75. The molecule has 0 amide bonds. The summed E-state index contributed by atoms with van der Waals surface area (Å²) in [4.78, 5) is 2.61. The molecule has 0 spiro atoms. The van der Waals surface area contributed by atoms with Gasteiger partial charge in [-0.05, 0) is 55.0 Å². The van der Waals surface area contributed by atoms with Crippen molar-refractivity contribution in [2.75, 3.05) is 24.5 Å². The van der Waals surface area contributed by atoms with E-state index in [0.29, 0.717) is 0 Å². The van der Waals surface area contributed by atoms with Gasteiger partial charge < -0.3 is 10.2 Å². The van der Waals surface area contributed by atoms with Gasteiger partial charge in [-0.25, -0.2) is 0 Å². The lowest BCUT2D eigenvalue weighted by molar-refractivity contribution is 0.202. The highest BCUT2D eigenvalue weighted by Gasteiger charge is 2.31. The zero-order valence-electron chi connectivity index (χ0n) is 13.1. The summed E-state index contributed by atoms with van der Waals surface area (Å²) in [6.45, 7) is 6.51. The van der Waals surface area contributed by atoms with Crippen molar-refractivity contribution >= 4 is 17.3 Å². The monoisotopic (exact) mass is 306 g/mol. The summed E-state index contributed by atoms with van der Waals surface area (Å²) < 4.78 is 0. The number of nitrogens with zero attached hydrogens (tertiary/aromatic N) is 1. The quantitative estimate of drug-likeness (QED) is 0.883. The first kappa shape index (κ1) is 15.2. The van der Waals surface area contributed by atoms with Gasteiger partial charge in [0.2, 0.25) is 0 Å². The van der Waals surface area contributed by atoms with Crippen LogP contribution >= 0.6 is 11.6 Å². The lowest BCUT2D eigenvalue weighted by Gasteiger charge is -2.43. The number of hydrogen-bond acceptors (Lipinski definition) is 2. The molecule has 1 aliphatic carbocycles. The Balaban J connectivity index is 1.76. The SMILES string of the molecule is CCNCc1cc(Cl)ccc1N1CCC2CCCCC2C1. The Kier molecular flexibility index (Phi) is 5.07. The third-order valence-electron chi connectivity index (χ3n) is 5.24. The Morgan fingerprint density at radius 2 is 2.00 bits per heavy atom. The summed E-state index contributed by atoms with van der Waals surface area (Å²) in [5.41, 5.74) is 2.74. The van der Waals surface area contributed by atoms with E-state index in [1.807, 2.05) is 6.07 Å². The second kappa shape index (κ2) is 7.02. The molecule has 1 N–H and O–H groups in total. The average Bonchev–Trinajstić information content (AvgIpc) is 2.52. The van der Waals surface area contributed by atoms with Gasteiger partial charge in [-0.15, -0.1) is 0 Å². The fraction of sp³-hybridized carbons (Fsp3) is 0.667. The standard InChI is InChI=1S/C18H27ClN2/c1-2-20-12-16-11-17(19)7-8-18(16)21-10-9-14-5-3-4-6-15(14)13-21/h7-8,11,14-15,20H,2-6,9-10,12-13H2,1H3. The van der Waals surface area contributed by atoms with E-state index in [-0.39, 0.29) is 0 Å². The predicted molar refractivity (Wildman–Crippen MR) is 91.1 cm³/mol. The number of fused-ring (bicyclic) bond motifs is 1. The highest BCUT2D eigenvalue weighted by atomic mass is 35.5. The van der Waals surface area contributed by atoms with Gasteiger partial charge in [0.15, 0.2) is 0 Å². The number of anilines is 1. The van der Waals surface area contributed by atoms with Crippen molar-refractivity contribution in [2.24, 2.45) is 11.8 Å². The van der Waals surface area contributed by atoms with E-state index in [9.17, 15) is 0 Å². The van der Waals surface area contributed by atoms with E-state index in [1.54, 1.807) is 0 Å². The molecule has 2 fully saturated rings. The molecule has 1 aromatic carbocycles. The van der Waals surface area contributed by atoms with Crippen LogP contribution in [0.5, 0.6) is 0 Å². The minimum absolute atomic E-state index is 0.846. The molecule has 116 valence electrons. The van der Waals surface area contributed by atoms with Crippen molar-refractivity contribution < 1.29 is 0 Å². The number of rotatable bonds is 4. The van der Waals surface area contributed by atoms with E-state index in [1.165, 1.54) is 56.4 Å². The van der Waals surface area contributed by atoms with Crippen LogP contribution in [0.1, 0.15) is 44.6 Å². The summed E-state index contributed by atoms with van der Waals surface area (Å²) in [6, 6.07) is 6.39. The van der Waals surface area contributed by atoms with E-state index in [4.69, 9.17) is 11.6 Å². The molecule has 0 bridgehead atoms. The van der Waals surface area contributed by atoms with Gasteiger partial charge in [-0.2, -0.15) is 0 Å². The van der Waals surface area contributed by atoms with Crippen LogP contribution in [0.15, 0.2) is 18.2 Å². The molecule has 21 heavy (non-hydrogen) atoms. The molecule has 1 aromatic rings. The number of nitrogens with one attached hydrogen (secondary N) is 1. The summed E-state index contributed by atoms with van der Waals surface area (Å²) in [5, 5.41) is 4.29. The molecular formula is C18H27ClN2. The Labute approximate surface area is 133 Å². The van der Waals surface area contributed by atoms with Crippen molar-refractivity contribution in [3.05, 3.63) is 28.8 Å².